The average Bonchev–Trinajstić information content (AvgIpc) is 2.38. The van der Waals surface area contributed by atoms with Crippen LogP contribution in [-0.2, 0) is 4.79 Å². The van der Waals surface area contributed by atoms with Gasteiger partial charge >= 0.3 is 5.97 Å². The molecule has 0 heterocycles. The Hall–Kier alpha value is -0.870. The highest BCUT2D eigenvalue weighted by Crippen LogP contribution is 2.27. The fourth-order valence-corrected chi connectivity index (χ4v) is 3.39. The molecule has 1 fully saturated rings. The number of nitrogens with one attached hydrogen (secondary N) is 1. The first-order valence-corrected chi connectivity index (χ1v) is 7.62. The van der Waals surface area contributed by atoms with E-state index in [9.17, 15) is 9.90 Å². The molecule has 3 nitrogen and oxygen atoms in total. The summed E-state index contributed by atoms with van der Waals surface area (Å²) in [6, 6.07) is 5.52. The van der Waals surface area contributed by atoms with Crippen molar-refractivity contribution in [2.45, 2.75) is 51.1 Å². The molecule has 104 valence electrons. The lowest BCUT2D eigenvalue weighted by atomic mass is 9.94. The summed E-state index contributed by atoms with van der Waals surface area (Å²) in [5.74, 6) is -0.810. The van der Waals surface area contributed by atoms with Crippen LogP contribution in [0.5, 0.6) is 0 Å². The van der Waals surface area contributed by atoms with Crippen molar-refractivity contribution in [1.82, 2.24) is 5.32 Å². The zero-order chi connectivity index (χ0) is 13.8. The van der Waals surface area contributed by atoms with Gasteiger partial charge in [-0.3, -0.25) is 10.1 Å². The normalized spacial score (nSPS) is 18.2. The van der Waals surface area contributed by atoms with E-state index in [2.05, 4.69) is 21.2 Å². The topological polar surface area (TPSA) is 49.3 Å². The zero-order valence-corrected chi connectivity index (χ0v) is 12.7. The molecule has 0 aliphatic heterocycles. The maximum atomic E-state index is 11.5. The Labute approximate surface area is 122 Å². The van der Waals surface area contributed by atoms with E-state index in [4.69, 9.17) is 0 Å². The molecule has 1 atom stereocenters. The Morgan fingerprint density at radius 2 is 2.05 bits per heavy atom. The van der Waals surface area contributed by atoms with Crippen molar-refractivity contribution in [2.24, 2.45) is 0 Å². The first-order valence-electron chi connectivity index (χ1n) is 6.83. The number of aryl methyl sites for hydroxylation is 1. The van der Waals surface area contributed by atoms with Crippen LogP contribution >= 0.6 is 15.9 Å². The van der Waals surface area contributed by atoms with Gasteiger partial charge in [0.25, 0.3) is 0 Å². The molecule has 0 bridgehead atoms. The van der Waals surface area contributed by atoms with Crippen molar-refractivity contribution < 1.29 is 9.90 Å². The highest BCUT2D eigenvalue weighted by Gasteiger charge is 2.25. The molecule has 0 amide bonds. The summed E-state index contributed by atoms with van der Waals surface area (Å²) in [5.41, 5.74) is 1.93. The van der Waals surface area contributed by atoms with Gasteiger partial charge in [0.15, 0.2) is 0 Å². The maximum absolute atomic E-state index is 11.5. The van der Waals surface area contributed by atoms with Crippen molar-refractivity contribution in [3.63, 3.8) is 0 Å². The summed E-state index contributed by atoms with van der Waals surface area (Å²) in [6.45, 7) is 2.00. The summed E-state index contributed by atoms with van der Waals surface area (Å²) in [4.78, 5) is 11.5. The van der Waals surface area contributed by atoms with Gasteiger partial charge in [-0.1, -0.05) is 47.3 Å². The second-order valence-electron chi connectivity index (χ2n) is 5.30. The molecule has 0 aromatic heterocycles. The summed E-state index contributed by atoms with van der Waals surface area (Å²) in [7, 11) is 0. The molecule has 2 N–H and O–H groups in total. The van der Waals surface area contributed by atoms with E-state index in [1.165, 1.54) is 19.3 Å². The van der Waals surface area contributed by atoms with Crippen molar-refractivity contribution in [2.75, 3.05) is 0 Å². The predicted octanol–water partition coefficient (Wildman–Crippen LogP) is 3.81. The third-order valence-corrected chi connectivity index (χ3v) is 4.41. The Kier molecular flexibility index (Phi) is 4.99. The van der Waals surface area contributed by atoms with E-state index in [0.29, 0.717) is 6.04 Å². The largest absolute Gasteiger partial charge is 0.480 e. The molecule has 1 aliphatic rings. The van der Waals surface area contributed by atoms with Crippen LogP contribution in [0.1, 0.15) is 49.3 Å². The van der Waals surface area contributed by atoms with Gasteiger partial charge in [-0.15, -0.1) is 0 Å². The number of halogens is 1. The van der Waals surface area contributed by atoms with Crippen molar-refractivity contribution >= 4 is 21.9 Å². The summed E-state index contributed by atoms with van der Waals surface area (Å²) < 4.78 is 0.864. The van der Waals surface area contributed by atoms with Crippen LogP contribution < -0.4 is 5.32 Å². The number of carboxylic acids is 1. The van der Waals surface area contributed by atoms with Gasteiger partial charge in [0.1, 0.15) is 6.04 Å². The lowest BCUT2D eigenvalue weighted by Crippen LogP contribution is -2.38. The predicted molar refractivity (Wildman–Crippen MR) is 79.3 cm³/mol. The minimum absolute atomic E-state index is 0.322. The molecule has 0 radical (unpaired) electrons. The quantitative estimate of drug-likeness (QED) is 0.885. The van der Waals surface area contributed by atoms with Crippen molar-refractivity contribution in [3.8, 4) is 0 Å². The monoisotopic (exact) mass is 325 g/mol. The molecule has 0 saturated heterocycles. The molecule has 1 aromatic carbocycles. The molecule has 1 unspecified atom stereocenters. The number of benzene rings is 1. The Morgan fingerprint density at radius 3 is 2.63 bits per heavy atom. The third kappa shape index (κ3) is 3.80. The second kappa shape index (κ2) is 6.53. The smallest absolute Gasteiger partial charge is 0.325 e. The number of carbonyl (C=O) groups is 1. The van der Waals surface area contributed by atoms with E-state index in [1.807, 2.05) is 25.1 Å². The molecule has 2 rings (SSSR count). The summed E-state index contributed by atoms with van der Waals surface area (Å²) in [5, 5.41) is 12.8. The van der Waals surface area contributed by atoms with E-state index >= 15 is 0 Å². The SMILES string of the molecule is Cc1ccc(C(NC2CCCCC2)C(=O)O)c(Br)c1. The minimum atomic E-state index is -0.810. The second-order valence-corrected chi connectivity index (χ2v) is 6.15. The van der Waals surface area contributed by atoms with Crippen LogP contribution in [0.4, 0.5) is 0 Å². The molecule has 0 spiro atoms. The van der Waals surface area contributed by atoms with Crippen LogP contribution in [-0.4, -0.2) is 17.1 Å². The number of hydrogen-bond donors (Lipinski definition) is 2. The first-order chi connectivity index (χ1) is 9.08. The van der Waals surface area contributed by atoms with Crippen molar-refractivity contribution in [1.29, 1.82) is 0 Å². The van der Waals surface area contributed by atoms with E-state index < -0.39 is 12.0 Å². The van der Waals surface area contributed by atoms with Crippen LogP contribution in [0.2, 0.25) is 0 Å². The van der Waals surface area contributed by atoms with E-state index in [1.54, 1.807) is 0 Å². The standard InChI is InChI=1S/C15H20BrNO2/c1-10-7-8-12(13(16)9-10)14(15(18)19)17-11-5-3-2-4-6-11/h7-9,11,14,17H,2-6H2,1H3,(H,18,19). The average molecular weight is 326 g/mol. The number of carboxylic acid groups (broad SMARTS) is 1. The Morgan fingerprint density at radius 1 is 1.37 bits per heavy atom. The van der Waals surface area contributed by atoms with Gasteiger partial charge in [0.2, 0.25) is 0 Å². The van der Waals surface area contributed by atoms with Gasteiger partial charge in [0.05, 0.1) is 0 Å². The fraction of sp³-hybridized carbons (Fsp3) is 0.533. The Balaban J connectivity index is 2.17. The fourth-order valence-electron chi connectivity index (χ4n) is 2.67. The number of rotatable bonds is 4. The lowest BCUT2D eigenvalue weighted by Gasteiger charge is -2.27. The molecule has 4 heteroatoms. The lowest BCUT2D eigenvalue weighted by molar-refractivity contribution is -0.140. The molecule has 1 aliphatic carbocycles. The van der Waals surface area contributed by atoms with Gasteiger partial charge in [-0.05, 0) is 37.0 Å². The van der Waals surface area contributed by atoms with Gasteiger partial charge in [0, 0.05) is 10.5 Å². The maximum Gasteiger partial charge on any atom is 0.325 e. The molecular weight excluding hydrogens is 306 g/mol. The molecular formula is C15H20BrNO2. The number of hydrogen-bond acceptors (Lipinski definition) is 2. The van der Waals surface area contributed by atoms with Crippen LogP contribution in [0.15, 0.2) is 22.7 Å². The summed E-state index contributed by atoms with van der Waals surface area (Å²) >= 11 is 3.48. The van der Waals surface area contributed by atoms with Gasteiger partial charge in [-0.2, -0.15) is 0 Å². The van der Waals surface area contributed by atoms with Crippen molar-refractivity contribution in [3.05, 3.63) is 33.8 Å². The number of aliphatic carboxylic acids is 1. The van der Waals surface area contributed by atoms with Crippen LogP contribution in [0.25, 0.3) is 0 Å². The van der Waals surface area contributed by atoms with Crippen LogP contribution in [0.3, 0.4) is 0 Å². The highest BCUT2D eigenvalue weighted by molar-refractivity contribution is 9.10. The first kappa shape index (κ1) is 14.5. The third-order valence-electron chi connectivity index (χ3n) is 3.72. The minimum Gasteiger partial charge on any atom is -0.480 e. The Bertz CT molecular complexity index is 455. The van der Waals surface area contributed by atoms with E-state index in [-0.39, 0.29) is 0 Å². The van der Waals surface area contributed by atoms with E-state index in [0.717, 1.165) is 28.4 Å². The molecule has 1 aromatic rings. The summed E-state index contributed by atoms with van der Waals surface area (Å²) in [6.07, 6.45) is 5.81. The highest BCUT2D eigenvalue weighted by atomic mass is 79.9. The van der Waals surface area contributed by atoms with Gasteiger partial charge < -0.3 is 5.11 Å². The zero-order valence-electron chi connectivity index (χ0n) is 11.2. The van der Waals surface area contributed by atoms with Crippen LogP contribution in [0, 0.1) is 6.92 Å². The van der Waals surface area contributed by atoms with Gasteiger partial charge in [-0.25, -0.2) is 0 Å². The molecule has 1 saturated carbocycles. The molecule has 19 heavy (non-hydrogen) atoms.